The molecule has 1 aromatic heterocycles. The summed E-state index contributed by atoms with van der Waals surface area (Å²) in [4.78, 5) is 17.7. The molecule has 0 radical (unpaired) electrons. The largest absolute Gasteiger partial charge is 0.423 e. The molecule has 1 unspecified atom stereocenters. The third-order valence-corrected chi connectivity index (χ3v) is 7.63. The third kappa shape index (κ3) is 7.76. The van der Waals surface area contributed by atoms with Crippen LogP contribution in [0.1, 0.15) is 36.8 Å². The number of benzene rings is 1. The number of ether oxygens (including phenoxy) is 1. The van der Waals surface area contributed by atoms with Gasteiger partial charge in [0, 0.05) is 55.5 Å². The molecule has 2 fully saturated rings. The van der Waals surface area contributed by atoms with Gasteiger partial charge in [0.25, 0.3) is 5.69 Å². The zero-order valence-electron chi connectivity index (χ0n) is 21.4. The molecule has 8 nitrogen and oxygen atoms in total. The maximum absolute atomic E-state index is 13.3. The minimum Gasteiger partial charge on any atom is -0.382 e. The van der Waals surface area contributed by atoms with E-state index >= 15 is 0 Å². The van der Waals surface area contributed by atoms with Crippen LogP contribution in [-0.4, -0.2) is 64.7 Å². The minimum atomic E-state index is -4.85. The molecule has 1 saturated heterocycles. The molecule has 1 aromatic carbocycles. The highest BCUT2D eigenvalue weighted by Gasteiger charge is 2.39. The van der Waals surface area contributed by atoms with Crippen LogP contribution in [0, 0.1) is 10.1 Å². The lowest BCUT2D eigenvalue weighted by atomic mass is 9.92. The molecule has 16 heteroatoms. The maximum atomic E-state index is 13.3. The lowest BCUT2D eigenvalue weighted by Gasteiger charge is -2.40. The highest BCUT2D eigenvalue weighted by atomic mass is 35.5. The highest BCUT2D eigenvalue weighted by Crippen LogP contribution is 2.38. The fourth-order valence-corrected chi connectivity index (χ4v) is 5.52. The zero-order valence-corrected chi connectivity index (χ0v) is 23.0. The number of aromatic nitrogens is 1. The van der Waals surface area contributed by atoms with Gasteiger partial charge in [0.15, 0.2) is 0 Å². The molecule has 2 heterocycles. The van der Waals surface area contributed by atoms with Crippen LogP contribution >= 0.6 is 23.8 Å². The quantitative estimate of drug-likeness (QED) is 0.153. The zero-order chi connectivity index (χ0) is 29.9. The summed E-state index contributed by atoms with van der Waals surface area (Å²) in [6.07, 6.45) is -6.76. The van der Waals surface area contributed by atoms with Crippen molar-refractivity contribution in [2.45, 2.75) is 56.4 Å². The van der Waals surface area contributed by atoms with Crippen molar-refractivity contribution >= 4 is 46.4 Å². The Kier molecular flexibility index (Phi) is 9.61. The Hall–Kier alpha value is -2.75. The van der Waals surface area contributed by atoms with Crippen molar-refractivity contribution in [1.82, 2.24) is 9.88 Å². The van der Waals surface area contributed by atoms with Gasteiger partial charge in [-0.2, -0.15) is 26.3 Å². The smallest absolute Gasteiger partial charge is 0.382 e. The summed E-state index contributed by atoms with van der Waals surface area (Å²) in [6, 6.07) is 3.61. The molecule has 0 amide bonds. The van der Waals surface area contributed by atoms with Gasteiger partial charge in [-0.1, -0.05) is 23.8 Å². The van der Waals surface area contributed by atoms with Gasteiger partial charge in [-0.25, -0.2) is 4.98 Å². The number of nitrogens with one attached hydrogen (secondary N) is 1. The Morgan fingerprint density at radius 1 is 1.07 bits per heavy atom. The van der Waals surface area contributed by atoms with Gasteiger partial charge in [0.1, 0.15) is 17.6 Å². The number of pyridine rings is 1. The molecule has 1 saturated carbocycles. The molecule has 1 atom stereocenters. The molecule has 0 bridgehead atoms. The summed E-state index contributed by atoms with van der Waals surface area (Å²) in [7, 11) is 0. The summed E-state index contributed by atoms with van der Waals surface area (Å²) >= 11 is 11.3. The van der Waals surface area contributed by atoms with E-state index in [4.69, 9.17) is 28.6 Å². The van der Waals surface area contributed by atoms with E-state index < -0.39 is 40.3 Å². The molecule has 4 rings (SSSR count). The number of piperazine rings is 1. The predicted octanol–water partition coefficient (Wildman–Crippen LogP) is 6.57. The van der Waals surface area contributed by atoms with Gasteiger partial charge in [-0.15, -0.1) is 0 Å². The first-order valence-electron chi connectivity index (χ1n) is 12.7. The molecule has 2 aromatic rings. The van der Waals surface area contributed by atoms with E-state index in [1.807, 2.05) is 4.90 Å². The van der Waals surface area contributed by atoms with Crippen LogP contribution in [0.3, 0.4) is 0 Å². The molecule has 2 aliphatic rings. The number of nitro benzene ring substituents is 1. The Bertz CT molecular complexity index is 1250. The Morgan fingerprint density at radius 3 is 2.27 bits per heavy atom. The van der Waals surface area contributed by atoms with Gasteiger partial charge in [0.05, 0.1) is 21.6 Å². The number of alkyl halides is 6. The van der Waals surface area contributed by atoms with Crippen LogP contribution in [0.15, 0.2) is 30.5 Å². The third-order valence-electron chi connectivity index (χ3n) is 7.11. The molecule has 1 aliphatic heterocycles. The maximum Gasteiger partial charge on any atom is 0.423 e. The molecular formula is C25H26ClF6N5O3S. The van der Waals surface area contributed by atoms with Gasteiger partial charge in [-0.3, -0.25) is 15.0 Å². The lowest BCUT2D eigenvalue weighted by Crippen LogP contribution is -2.52. The van der Waals surface area contributed by atoms with E-state index in [1.54, 1.807) is 4.90 Å². The normalized spacial score (nSPS) is 21.4. The van der Waals surface area contributed by atoms with E-state index in [9.17, 15) is 36.5 Å². The first kappa shape index (κ1) is 31.2. The van der Waals surface area contributed by atoms with Gasteiger partial charge < -0.3 is 15.0 Å². The van der Waals surface area contributed by atoms with Crippen LogP contribution in [0.5, 0.6) is 0 Å². The first-order chi connectivity index (χ1) is 19.3. The van der Waals surface area contributed by atoms with Gasteiger partial charge in [-0.05, 0) is 43.9 Å². The standard InChI is InChI=1S/C25H26ClF6N5O3S/c26-20-11-15(24(27,28)29)13-33-23(20)36-9-7-35(8-10-36)22(14-41)40-18-4-1-16(2-5-18)34-17-3-6-21(37(38)39)19(12-17)25(30,31)32/h3,6,11-14,16,18,22,34H,1-2,4-5,7-10H2. The van der Waals surface area contributed by atoms with Crippen LogP contribution < -0.4 is 10.2 Å². The van der Waals surface area contributed by atoms with Gasteiger partial charge >= 0.3 is 12.4 Å². The van der Waals surface area contributed by atoms with Crippen LogP contribution in [0.2, 0.25) is 5.02 Å². The van der Waals surface area contributed by atoms with E-state index in [2.05, 4.69) is 10.3 Å². The second kappa shape index (κ2) is 12.6. The minimum absolute atomic E-state index is 0.0790. The average molecular weight is 626 g/mol. The highest BCUT2D eigenvalue weighted by molar-refractivity contribution is 7.79. The number of nitrogens with zero attached hydrogens (tertiary/aromatic N) is 4. The Balaban J connectivity index is 1.28. The van der Waals surface area contributed by atoms with Crippen molar-refractivity contribution in [3.8, 4) is 0 Å². The fraction of sp³-hybridized carbons (Fsp3) is 0.520. The Labute approximate surface area is 241 Å². The van der Waals surface area contributed by atoms with Crippen molar-refractivity contribution in [3.63, 3.8) is 0 Å². The average Bonchev–Trinajstić information content (AvgIpc) is 2.91. The van der Waals surface area contributed by atoms with E-state index in [1.165, 1.54) is 11.4 Å². The van der Waals surface area contributed by atoms with Crippen molar-refractivity contribution < 1.29 is 36.0 Å². The fourth-order valence-electron chi connectivity index (χ4n) is 5.00. The van der Waals surface area contributed by atoms with E-state index in [0.717, 1.165) is 24.4 Å². The van der Waals surface area contributed by atoms with Crippen LogP contribution in [0.4, 0.5) is 43.5 Å². The topological polar surface area (TPSA) is 83.8 Å². The van der Waals surface area contributed by atoms with Crippen molar-refractivity contribution in [3.05, 3.63) is 56.7 Å². The number of hydrogen-bond acceptors (Lipinski definition) is 8. The number of nitro groups is 1. The van der Waals surface area contributed by atoms with E-state index in [0.29, 0.717) is 51.9 Å². The van der Waals surface area contributed by atoms with Crippen LogP contribution in [-0.2, 0) is 17.1 Å². The number of hydrogen-bond donors (Lipinski definition) is 1. The molecular weight excluding hydrogens is 600 g/mol. The van der Waals surface area contributed by atoms with Crippen molar-refractivity contribution in [2.75, 3.05) is 36.4 Å². The van der Waals surface area contributed by atoms with Gasteiger partial charge in [0.2, 0.25) is 0 Å². The Morgan fingerprint density at radius 2 is 1.73 bits per heavy atom. The number of rotatable bonds is 8. The van der Waals surface area contributed by atoms with E-state index in [-0.39, 0.29) is 28.7 Å². The molecule has 224 valence electrons. The number of thiocarbonyl (C=S) groups is 1. The van der Waals surface area contributed by atoms with Crippen molar-refractivity contribution in [1.29, 1.82) is 0 Å². The molecule has 1 N–H and O–H groups in total. The summed E-state index contributed by atoms with van der Waals surface area (Å²) < 4.78 is 84.9. The predicted molar refractivity (Wildman–Crippen MR) is 144 cm³/mol. The SMILES string of the molecule is O=[N+]([O-])c1ccc(NC2CCC(OC(C=S)N3CCN(c4ncc(C(F)(F)F)cc4Cl)CC3)CC2)cc1C(F)(F)F. The second-order valence-electron chi connectivity index (χ2n) is 9.82. The first-order valence-corrected chi connectivity index (χ1v) is 13.6. The lowest BCUT2D eigenvalue weighted by molar-refractivity contribution is -0.388. The molecule has 0 spiro atoms. The summed E-state index contributed by atoms with van der Waals surface area (Å²) in [6.45, 7) is 1.92. The summed E-state index contributed by atoms with van der Waals surface area (Å²) in [5.41, 5.74) is -3.05. The summed E-state index contributed by atoms with van der Waals surface area (Å²) in [5.74, 6) is 0.278. The monoisotopic (exact) mass is 625 g/mol. The second-order valence-corrected chi connectivity index (χ2v) is 10.5. The number of halogens is 7. The summed E-state index contributed by atoms with van der Waals surface area (Å²) in [5, 5.41) is 15.5. The molecule has 41 heavy (non-hydrogen) atoms. The number of anilines is 2. The van der Waals surface area contributed by atoms with Crippen LogP contribution in [0.25, 0.3) is 0 Å². The van der Waals surface area contributed by atoms with Crippen molar-refractivity contribution in [2.24, 2.45) is 0 Å². The molecule has 1 aliphatic carbocycles.